The minimum absolute atomic E-state index is 0.115. The average molecular weight is 483 g/mol. The van der Waals surface area contributed by atoms with Crippen molar-refractivity contribution in [1.29, 1.82) is 0 Å². The van der Waals surface area contributed by atoms with Crippen LogP contribution in [0.4, 0.5) is 10.5 Å². The third-order valence-corrected chi connectivity index (χ3v) is 5.72. The molecule has 35 heavy (non-hydrogen) atoms. The number of aryl methyl sites for hydroxylation is 1. The van der Waals surface area contributed by atoms with Gasteiger partial charge in [-0.15, -0.1) is 0 Å². The standard InChI is InChI=1S/C25H30N4O6/c1-14-3-7-17(8-4-14)27-25(34)29-19-12-16(13-21(30)22(19)31)24(33)28-20(23(26)32)11-15-5-9-18(35-2)10-6-15/h3-10,12,19-22,30-31H,11,13H2,1-2H3,(H2,26,32)(H,28,33)(H2,27,29,34). The van der Waals surface area contributed by atoms with E-state index >= 15 is 0 Å². The first-order valence-corrected chi connectivity index (χ1v) is 11.1. The molecule has 0 bridgehead atoms. The van der Waals surface area contributed by atoms with E-state index in [0.29, 0.717) is 11.4 Å². The Balaban J connectivity index is 1.67. The molecule has 10 nitrogen and oxygen atoms in total. The Kier molecular flexibility index (Phi) is 8.45. The summed E-state index contributed by atoms with van der Waals surface area (Å²) in [5.74, 6) is -0.699. The van der Waals surface area contributed by atoms with E-state index in [2.05, 4.69) is 16.0 Å². The Hall–Kier alpha value is -3.89. The van der Waals surface area contributed by atoms with Gasteiger partial charge in [0.15, 0.2) is 0 Å². The molecule has 10 heteroatoms. The van der Waals surface area contributed by atoms with Crippen LogP contribution < -0.4 is 26.4 Å². The molecule has 0 saturated heterocycles. The zero-order valence-corrected chi connectivity index (χ0v) is 19.5. The number of amides is 4. The number of anilines is 1. The lowest BCUT2D eigenvalue weighted by atomic mass is 9.90. The van der Waals surface area contributed by atoms with Crippen LogP contribution in [0.5, 0.6) is 5.75 Å². The molecule has 0 aromatic heterocycles. The molecule has 4 amide bonds. The fraction of sp³-hybridized carbons (Fsp3) is 0.320. The van der Waals surface area contributed by atoms with Gasteiger partial charge in [0.05, 0.1) is 19.3 Å². The van der Waals surface area contributed by atoms with Gasteiger partial charge in [-0.05, 0) is 36.8 Å². The highest BCUT2D eigenvalue weighted by atomic mass is 16.5. The maximum Gasteiger partial charge on any atom is 0.319 e. The highest BCUT2D eigenvalue weighted by molar-refractivity contribution is 5.97. The molecule has 3 rings (SSSR count). The summed E-state index contributed by atoms with van der Waals surface area (Å²) >= 11 is 0. The molecule has 2 aromatic carbocycles. The number of nitrogens with one attached hydrogen (secondary N) is 3. The lowest BCUT2D eigenvalue weighted by Crippen LogP contribution is -2.53. The van der Waals surface area contributed by atoms with Crippen molar-refractivity contribution in [3.8, 4) is 5.75 Å². The van der Waals surface area contributed by atoms with Crippen molar-refractivity contribution in [1.82, 2.24) is 10.6 Å². The first-order chi connectivity index (χ1) is 16.7. The van der Waals surface area contributed by atoms with Gasteiger partial charge in [-0.25, -0.2) is 4.79 Å². The Morgan fingerprint density at radius 2 is 1.74 bits per heavy atom. The maximum absolute atomic E-state index is 12.9. The Morgan fingerprint density at radius 3 is 2.34 bits per heavy atom. The molecule has 0 spiro atoms. The number of nitrogens with two attached hydrogens (primary N) is 1. The fourth-order valence-electron chi connectivity index (χ4n) is 3.69. The second-order valence-electron chi connectivity index (χ2n) is 8.42. The minimum Gasteiger partial charge on any atom is -0.497 e. The molecular weight excluding hydrogens is 452 g/mol. The Labute approximate surface area is 203 Å². The lowest BCUT2D eigenvalue weighted by Gasteiger charge is -2.31. The summed E-state index contributed by atoms with van der Waals surface area (Å²) in [5, 5.41) is 28.4. The van der Waals surface area contributed by atoms with Crippen LogP contribution in [0, 0.1) is 6.92 Å². The summed E-state index contributed by atoms with van der Waals surface area (Å²) in [5.41, 5.74) is 7.94. The SMILES string of the molecule is COc1ccc(CC(NC(=O)C2=CC(NC(=O)Nc3ccc(C)cc3)C(O)C(O)C2)C(N)=O)cc1. The van der Waals surface area contributed by atoms with Gasteiger partial charge in [0.2, 0.25) is 11.8 Å². The van der Waals surface area contributed by atoms with Crippen LogP contribution in [-0.2, 0) is 16.0 Å². The van der Waals surface area contributed by atoms with Gasteiger partial charge >= 0.3 is 6.03 Å². The molecule has 1 aliphatic carbocycles. The van der Waals surface area contributed by atoms with E-state index in [1.807, 2.05) is 19.1 Å². The number of hydrogen-bond acceptors (Lipinski definition) is 6. The van der Waals surface area contributed by atoms with Crippen LogP contribution in [0.15, 0.2) is 60.2 Å². The molecule has 4 atom stereocenters. The van der Waals surface area contributed by atoms with Crippen molar-refractivity contribution in [3.05, 3.63) is 71.3 Å². The van der Waals surface area contributed by atoms with Crippen molar-refractivity contribution in [2.75, 3.05) is 12.4 Å². The van der Waals surface area contributed by atoms with Crippen LogP contribution >= 0.6 is 0 Å². The van der Waals surface area contributed by atoms with Gasteiger partial charge in [0, 0.05) is 24.1 Å². The molecular formula is C25H30N4O6. The topological polar surface area (TPSA) is 163 Å². The van der Waals surface area contributed by atoms with Gasteiger partial charge in [-0.1, -0.05) is 35.9 Å². The van der Waals surface area contributed by atoms with Crippen molar-refractivity contribution < 1.29 is 29.3 Å². The van der Waals surface area contributed by atoms with E-state index in [9.17, 15) is 24.6 Å². The first-order valence-electron chi connectivity index (χ1n) is 11.1. The Morgan fingerprint density at radius 1 is 1.09 bits per heavy atom. The summed E-state index contributed by atoms with van der Waals surface area (Å²) in [6.45, 7) is 1.92. The zero-order valence-electron chi connectivity index (χ0n) is 19.5. The zero-order chi connectivity index (χ0) is 25.5. The smallest absolute Gasteiger partial charge is 0.319 e. The second kappa shape index (κ2) is 11.5. The molecule has 1 aliphatic rings. The number of carbonyl (C=O) groups excluding carboxylic acids is 3. The van der Waals surface area contributed by atoms with Crippen LogP contribution in [0.25, 0.3) is 0 Å². The van der Waals surface area contributed by atoms with Gasteiger partial charge < -0.3 is 36.6 Å². The van der Waals surface area contributed by atoms with Crippen LogP contribution in [0.1, 0.15) is 17.5 Å². The molecule has 0 aliphatic heterocycles. The monoisotopic (exact) mass is 482 g/mol. The molecule has 7 N–H and O–H groups in total. The number of carbonyl (C=O) groups is 3. The minimum atomic E-state index is -1.32. The predicted molar refractivity (Wildman–Crippen MR) is 130 cm³/mol. The van der Waals surface area contributed by atoms with E-state index in [0.717, 1.165) is 11.1 Å². The largest absolute Gasteiger partial charge is 0.497 e. The molecule has 0 fully saturated rings. The van der Waals surface area contributed by atoms with Crippen LogP contribution in [0.2, 0.25) is 0 Å². The van der Waals surface area contributed by atoms with Gasteiger partial charge in [0.25, 0.3) is 0 Å². The summed E-state index contributed by atoms with van der Waals surface area (Å²) in [4.78, 5) is 37.3. The van der Waals surface area contributed by atoms with Crippen molar-refractivity contribution >= 4 is 23.5 Å². The normalized spacial score (nSPS) is 20.2. The second-order valence-corrected chi connectivity index (χ2v) is 8.42. The maximum atomic E-state index is 12.9. The van der Waals surface area contributed by atoms with Gasteiger partial charge in [-0.3, -0.25) is 9.59 Å². The third-order valence-electron chi connectivity index (χ3n) is 5.72. The van der Waals surface area contributed by atoms with Crippen molar-refractivity contribution in [2.45, 2.75) is 44.1 Å². The molecule has 0 radical (unpaired) electrons. The van der Waals surface area contributed by atoms with E-state index < -0.39 is 42.1 Å². The number of methoxy groups -OCH3 is 1. The van der Waals surface area contributed by atoms with Gasteiger partial charge in [-0.2, -0.15) is 0 Å². The number of ether oxygens (including phenoxy) is 1. The number of rotatable bonds is 8. The highest BCUT2D eigenvalue weighted by Gasteiger charge is 2.34. The average Bonchev–Trinajstić information content (AvgIpc) is 2.83. The number of hydrogen-bond donors (Lipinski definition) is 6. The highest BCUT2D eigenvalue weighted by Crippen LogP contribution is 2.21. The summed E-state index contributed by atoms with van der Waals surface area (Å²) < 4.78 is 5.11. The number of aliphatic hydroxyl groups is 2. The van der Waals surface area contributed by atoms with Crippen molar-refractivity contribution in [2.24, 2.45) is 5.73 Å². The summed E-state index contributed by atoms with van der Waals surface area (Å²) in [7, 11) is 1.54. The first kappa shape index (κ1) is 25.7. The Bertz CT molecular complexity index is 1080. The molecule has 2 aromatic rings. The number of primary amides is 1. The van der Waals surface area contributed by atoms with E-state index in [1.54, 1.807) is 43.5 Å². The number of urea groups is 1. The van der Waals surface area contributed by atoms with Crippen molar-refractivity contribution in [3.63, 3.8) is 0 Å². The van der Waals surface area contributed by atoms with Crippen LogP contribution in [0.3, 0.4) is 0 Å². The van der Waals surface area contributed by atoms with Crippen LogP contribution in [-0.4, -0.2) is 59.5 Å². The third kappa shape index (κ3) is 7.05. The quantitative estimate of drug-likeness (QED) is 0.325. The van der Waals surface area contributed by atoms with Gasteiger partial charge in [0.1, 0.15) is 17.9 Å². The number of benzene rings is 2. The lowest BCUT2D eigenvalue weighted by molar-refractivity contribution is -0.125. The fourth-order valence-corrected chi connectivity index (χ4v) is 3.69. The predicted octanol–water partition coefficient (Wildman–Crippen LogP) is 0.758. The number of aliphatic hydroxyl groups excluding tert-OH is 2. The molecule has 4 unspecified atom stereocenters. The van der Waals surface area contributed by atoms with E-state index in [-0.39, 0.29) is 18.4 Å². The summed E-state index contributed by atoms with van der Waals surface area (Å²) in [6.07, 6.45) is -1.24. The molecule has 0 heterocycles. The van der Waals surface area contributed by atoms with E-state index in [1.165, 1.54) is 6.08 Å². The summed E-state index contributed by atoms with van der Waals surface area (Å²) in [6, 6.07) is 11.4. The van der Waals surface area contributed by atoms with E-state index in [4.69, 9.17) is 10.5 Å². The molecule has 186 valence electrons. The molecule has 0 saturated carbocycles.